The molecule has 13 heteroatoms. The van der Waals surface area contributed by atoms with E-state index >= 15 is 0 Å². The molecule has 0 spiro atoms. The highest BCUT2D eigenvalue weighted by Gasteiger charge is 2.19. The van der Waals surface area contributed by atoms with E-state index in [1.54, 1.807) is 0 Å². The number of aromatic nitrogens is 1. The first-order valence-corrected chi connectivity index (χ1v) is 8.40. The fourth-order valence-corrected chi connectivity index (χ4v) is 2.46. The van der Waals surface area contributed by atoms with Crippen LogP contribution in [0.15, 0.2) is 53.1 Å². The molecule has 0 saturated heterocycles. The Bertz CT molecular complexity index is 1170. The lowest BCUT2D eigenvalue weighted by Crippen LogP contribution is -2.15. The smallest absolute Gasteiger partial charge is 0.395 e. The summed E-state index contributed by atoms with van der Waals surface area (Å²) in [6.45, 7) is 0. The third-order valence-electron chi connectivity index (χ3n) is 3.87. The van der Waals surface area contributed by atoms with Crippen molar-refractivity contribution in [3.63, 3.8) is 0 Å². The maximum absolute atomic E-state index is 12.1. The third kappa shape index (κ3) is 5.17. The monoisotopic (exact) mass is 428 g/mol. The van der Waals surface area contributed by atoms with Gasteiger partial charge in [0.05, 0.1) is 9.85 Å². The van der Waals surface area contributed by atoms with Crippen molar-refractivity contribution in [1.82, 2.24) is 5.16 Å². The second-order valence-corrected chi connectivity index (χ2v) is 5.97. The highest BCUT2D eigenvalue weighted by Crippen LogP contribution is 2.28. The van der Waals surface area contributed by atoms with E-state index in [1.165, 1.54) is 24.3 Å². The highest BCUT2D eigenvalue weighted by molar-refractivity contribution is 5.90. The maximum Gasteiger partial charge on any atom is 0.519 e. The van der Waals surface area contributed by atoms with E-state index in [4.69, 9.17) is 19.7 Å². The average molecular weight is 428 g/mol. The molecule has 3 aromatic rings. The fourth-order valence-electron chi connectivity index (χ4n) is 2.46. The summed E-state index contributed by atoms with van der Waals surface area (Å²) < 4.78 is 15.0. The molecular weight excluding hydrogens is 416 g/mol. The first-order chi connectivity index (χ1) is 14.7. The average Bonchev–Trinajstić information content (AvgIpc) is 3.18. The number of nitrogens with two attached hydrogens (primary N) is 1. The van der Waals surface area contributed by atoms with Gasteiger partial charge in [0.25, 0.3) is 17.3 Å². The van der Waals surface area contributed by atoms with Crippen LogP contribution in [0, 0.1) is 20.2 Å². The van der Waals surface area contributed by atoms with Gasteiger partial charge < -0.3 is 19.7 Å². The number of hydrogen-bond donors (Lipinski definition) is 1. The van der Waals surface area contributed by atoms with Gasteiger partial charge in [-0.3, -0.25) is 25.0 Å². The molecule has 2 N–H and O–H groups in total. The molecule has 1 heterocycles. The zero-order chi connectivity index (χ0) is 22.5. The van der Waals surface area contributed by atoms with Gasteiger partial charge in [0.15, 0.2) is 5.69 Å². The summed E-state index contributed by atoms with van der Waals surface area (Å²) in [7, 11) is 0. The van der Waals surface area contributed by atoms with Gasteiger partial charge >= 0.3 is 6.16 Å². The molecule has 0 atom stereocenters. The number of nitrogens with zero attached hydrogens (tertiary/aromatic N) is 3. The van der Waals surface area contributed by atoms with Crippen LogP contribution < -0.4 is 15.2 Å². The van der Waals surface area contributed by atoms with Crippen molar-refractivity contribution in [3.05, 3.63) is 85.8 Å². The lowest BCUT2D eigenvalue weighted by Gasteiger charge is -2.09. The molecule has 2 aromatic carbocycles. The topological polar surface area (TPSA) is 191 Å². The van der Waals surface area contributed by atoms with Crippen LogP contribution in [0.25, 0.3) is 0 Å². The van der Waals surface area contributed by atoms with Gasteiger partial charge in [0.2, 0.25) is 0 Å². The van der Waals surface area contributed by atoms with E-state index in [9.17, 15) is 29.8 Å². The molecular formula is C18H12N4O9. The zero-order valence-electron chi connectivity index (χ0n) is 15.4. The minimum absolute atomic E-state index is 0.0135. The molecule has 1 amide bonds. The Labute approximate surface area is 172 Å². The number of amides is 1. The molecule has 0 saturated carbocycles. The summed E-state index contributed by atoms with van der Waals surface area (Å²) in [5.74, 6) is -0.769. The number of hydrogen-bond acceptors (Lipinski definition) is 10. The number of carbonyl (C=O) groups is 2. The second kappa shape index (κ2) is 8.69. The molecule has 0 aliphatic heterocycles. The maximum atomic E-state index is 12.1. The van der Waals surface area contributed by atoms with Gasteiger partial charge in [0.1, 0.15) is 17.3 Å². The standard InChI is InChI=1S/C18H12N4O9/c19-17(23)15-9-14(31-20-15)8-10-7-12(22(27)28)3-6-16(10)30-18(24)29-13-4-1-11(2-5-13)21(25)26/h1-7,9H,8H2,(H2,19,23). The summed E-state index contributed by atoms with van der Waals surface area (Å²) >= 11 is 0. The van der Waals surface area contributed by atoms with Crippen molar-refractivity contribution < 1.29 is 33.4 Å². The van der Waals surface area contributed by atoms with Crippen LogP contribution in [0.1, 0.15) is 21.8 Å². The third-order valence-corrected chi connectivity index (χ3v) is 3.87. The SMILES string of the molecule is NC(=O)c1cc(Cc2cc([N+](=O)[O-])ccc2OC(=O)Oc2ccc([N+](=O)[O-])cc2)on1. The van der Waals surface area contributed by atoms with Crippen LogP contribution in [0.4, 0.5) is 16.2 Å². The first-order valence-electron chi connectivity index (χ1n) is 8.40. The Morgan fingerprint density at radius 2 is 1.61 bits per heavy atom. The van der Waals surface area contributed by atoms with Gasteiger partial charge in [-0.05, 0) is 18.2 Å². The largest absolute Gasteiger partial charge is 0.519 e. The van der Waals surface area contributed by atoms with E-state index in [-0.39, 0.29) is 46.3 Å². The van der Waals surface area contributed by atoms with E-state index in [1.807, 2.05) is 0 Å². The molecule has 0 bridgehead atoms. The van der Waals surface area contributed by atoms with Crippen LogP contribution in [0.5, 0.6) is 11.5 Å². The summed E-state index contributed by atoms with van der Waals surface area (Å²) in [5, 5.41) is 25.2. The van der Waals surface area contributed by atoms with E-state index in [0.29, 0.717) is 0 Å². The van der Waals surface area contributed by atoms with Crippen molar-refractivity contribution in [1.29, 1.82) is 0 Å². The van der Waals surface area contributed by atoms with Crippen molar-refractivity contribution in [2.24, 2.45) is 5.73 Å². The molecule has 0 aliphatic rings. The minimum atomic E-state index is -1.18. The van der Waals surface area contributed by atoms with Gasteiger partial charge in [-0.2, -0.15) is 0 Å². The van der Waals surface area contributed by atoms with E-state index < -0.39 is 21.9 Å². The Morgan fingerprint density at radius 3 is 2.19 bits per heavy atom. The normalized spacial score (nSPS) is 10.3. The summed E-state index contributed by atoms with van der Waals surface area (Å²) in [6, 6.07) is 9.40. The molecule has 0 unspecified atom stereocenters. The van der Waals surface area contributed by atoms with E-state index in [0.717, 1.165) is 24.3 Å². The van der Waals surface area contributed by atoms with Crippen LogP contribution in [-0.2, 0) is 6.42 Å². The van der Waals surface area contributed by atoms with Gasteiger partial charge in [-0.1, -0.05) is 5.16 Å². The molecule has 13 nitrogen and oxygen atoms in total. The lowest BCUT2D eigenvalue weighted by atomic mass is 10.1. The number of nitro groups is 2. The number of non-ortho nitro benzene ring substituents is 2. The number of carbonyl (C=O) groups excluding carboxylic acids is 2. The Morgan fingerprint density at radius 1 is 0.968 bits per heavy atom. The van der Waals surface area contributed by atoms with E-state index in [2.05, 4.69) is 5.16 Å². The first kappa shape index (κ1) is 20.9. The zero-order valence-corrected chi connectivity index (χ0v) is 15.4. The number of rotatable bonds is 7. The molecule has 0 aliphatic carbocycles. The van der Waals surface area contributed by atoms with Crippen molar-refractivity contribution in [2.45, 2.75) is 6.42 Å². The number of nitro benzene ring substituents is 2. The summed E-state index contributed by atoms with van der Waals surface area (Å²) in [6.07, 6.45) is -1.29. The van der Waals surface area contributed by atoms with Crippen LogP contribution in [0.2, 0.25) is 0 Å². The minimum Gasteiger partial charge on any atom is -0.395 e. The second-order valence-electron chi connectivity index (χ2n) is 5.97. The van der Waals surface area contributed by atoms with Crippen LogP contribution in [0.3, 0.4) is 0 Å². The Balaban J connectivity index is 1.80. The van der Waals surface area contributed by atoms with Gasteiger partial charge in [-0.25, -0.2) is 4.79 Å². The molecule has 1 aromatic heterocycles. The number of ether oxygens (including phenoxy) is 2. The molecule has 0 radical (unpaired) electrons. The molecule has 0 fully saturated rings. The van der Waals surface area contributed by atoms with Gasteiger partial charge in [0, 0.05) is 42.3 Å². The summed E-state index contributed by atoms with van der Waals surface area (Å²) in [5.41, 5.74) is 4.66. The van der Waals surface area contributed by atoms with Crippen molar-refractivity contribution >= 4 is 23.4 Å². The Kier molecular flexibility index (Phi) is 5.86. The summed E-state index contributed by atoms with van der Waals surface area (Å²) in [4.78, 5) is 43.7. The fraction of sp³-hybridized carbons (Fsp3) is 0.0556. The van der Waals surface area contributed by atoms with Crippen LogP contribution in [-0.4, -0.2) is 27.1 Å². The highest BCUT2D eigenvalue weighted by atomic mass is 16.7. The lowest BCUT2D eigenvalue weighted by molar-refractivity contribution is -0.385. The van der Waals surface area contributed by atoms with Gasteiger partial charge in [-0.15, -0.1) is 0 Å². The van der Waals surface area contributed by atoms with Crippen molar-refractivity contribution in [3.8, 4) is 11.5 Å². The quantitative estimate of drug-likeness (QED) is 0.253. The number of benzene rings is 2. The molecule has 31 heavy (non-hydrogen) atoms. The molecule has 3 rings (SSSR count). The predicted molar refractivity (Wildman–Crippen MR) is 101 cm³/mol. The van der Waals surface area contributed by atoms with Crippen LogP contribution >= 0.6 is 0 Å². The molecule has 158 valence electrons. The predicted octanol–water partition coefficient (Wildman–Crippen LogP) is 2.76. The number of primary amides is 1. The van der Waals surface area contributed by atoms with Crippen molar-refractivity contribution in [2.75, 3.05) is 0 Å². The Hall–Kier alpha value is -4.81.